The Balaban J connectivity index is 4.51. The lowest BCUT2D eigenvalue weighted by atomic mass is 9.81. The molecule has 0 rings (SSSR count). The van der Waals surface area contributed by atoms with Crippen molar-refractivity contribution in [3.8, 4) is 0 Å². The summed E-state index contributed by atoms with van der Waals surface area (Å²) in [5.41, 5.74) is 9.94. The van der Waals surface area contributed by atoms with Gasteiger partial charge in [0.05, 0.1) is 11.6 Å². The van der Waals surface area contributed by atoms with Crippen molar-refractivity contribution >= 4 is 5.91 Å². The Hall–Kier alpha value is -0.610. The monoisotopic (exact) mass is 188 g/mol. The molecular formula is C9H20N2O2. The molecule has 0 aliphatic carbocycles. The first-order valence-corrected chi connectivity index (χ1v) is 4.61. The Labute approximate surface area is 79.3 Å². The first-order valence-electron chi connectivity index (χ1n) is 4.61. The summed E-state index contributed by atoms with van der Waals surface area (Å²) in [6.45, 7) is 5.49. The van der Waals surface area contributed by atoms with Gasteiger partial charge in [0.15, 0.2) is 0 Å². The molecular weight excluding hydrogens is 168 g/mol. The summed E-state index contributed by atoms with van der Waals surface area (Å²) in [7, 11) is 0. The second-order valence-corrected chi connectivity index (χ2v) is 3.83. The van der Waals surface area contributed by atoms with Gasteiger partial charge in [-0.15, -0.1) is 0 Å². The summed E-state index contributed by atoms with van der Waals surface area (Å²) in [5, 5.41) is 9.40. The highest BCUT2D eigenvalue weighted by Crippen LogP contribution is 2.20. The molecule has 13 heavy (non-hydrogen) atoms. The number of carbonyl (C=O) groups excluding carboxylic acids is 1. The van der Waals surface area contributed by atoms with Gasteiger partial charge >= 0.3 is 0 Å². The lowest BCUT2D eigenvalue weighted by Crippen LogP contribution is -2.57. The minimum atomic E-state index is -1.09. The molecule has 5 N–H and O–H groups in total. The van der Waals surface area contributed by atoms with Crippen molar-refractivity contribution in [3.63, 3.8) is 0 Å². The molecule has 0 heterocycles. The number of amides is 1. The van der Waals surface area contributed by atoms with Crippen LogP contribution in [0.5, 0.6) is 0 Å². The molecule has 0 aliphatic rings. The SMILES string of the molecule is CCC(O)CC(N)(C(N)=O)C(C)C. The van der Waals surface area contributed by atoms with E-state index in [1.165, 1.54) is 0 Å². The molecule has 0 radical (unpaired) electrons. The predicted octanol–water partition coefficient (Wildman–Crippen LogP) is -0.0138. The highest BCUT2D eigenvalue weighted by atomic mass is 16.3. The Bertz CT molecular complexity index is 182. The summed E-state index contributed by atoms with van der Waals surface area (Å²) >= 11 is 0. The topological polar surface area (TPSA) is 89.3 Å². The van der Waals surface area contributed by atoms with E-state index in [0.29, 0.717) is 6.42 Å². The van der Waals surface area contributed by atoms with Crippen LogP contribution in [0.2, 0.25) is 0 Å². The molecule has 0 spiro atoms. The maximum Gasteiger partial charge on any atom is 0.237 e. The number of carbonyl (C=O) groups is 1. The number of nitrogens with two attached hydrogens (primary N) is 2. The molecule has 78 valence electrons. The van der Waals surface area contributed by atoms with Crippen molar-refractivity contribution in [1.82, 2.24) is 0 Å². The van der Waals surface area contributed by atoms with Crippen LogP contribution in [-0.4, -0.2) is 22.7 Å². The molecule has 4 heteroatoms. The summed E-state index contributed by atoms with van der Waals surface area (Å²) in [4.78, 5) is 11.1. The summed E-state index contributed by atoms with van der Waals surface area (Å²) in [5.74, 6) is -0.610. The largest absolute Gasteiger partial charge is 0.393 e. The molecule has 4 nitrogen and oxygen atoms in total. The Morgan fingerprint density at radius 3 is 2.23 bits per heavy atom. The lowest BCUT2D eigenvalue weighted by Gasteiger charge is -2.31. The van der Waals surface area contributed by atoms with Gasteiger partial charge in [0.2, 0.25) is 5.91 Å². The van der Waals surface area contributed by atoms with Crippen LogP contribution in [0.15, 0.2) is 0 Å². The lowest BCUT2D eigenvalue weighted by molar-refractivity contribution is -0.126. The van der Waals surface area contributed by atoms with E-state index in [4.69, 9.17) is 11.5 Å². The number of aliphatic hydroxyl groups is 1. The van der Waals surface area contributed by atoms with Crippen LogP contribution in [0.25, 0.3) is 0 Å². The van der Waals surface area contributed by atoms with Gasteiger partial charge in [-0.1, -0.05) is 20.8 Å². The second-order valence-electron chi connectivity index (χ2n) is 3.83. The van der Waals surface area contributed by atoms with Gasteiger partial charge in [0, 0.05) is 6.42 Å². The van der Waals surface area contributed by atoms with Crippen molar-refractivity contribution in [2.45, 2.75) is 45.3 Å². The highest BCUT2D eigenvalue weighted by Gasteiger charge is 2.36. The fourth-order valence-electron chi connectivity index (χ4n) is 1.16. The summed E-state index contributed by atoms with van der Waals surface area (Å²) in [6.07, 6.45) is 0.259. The van der Waals surface area contributed by atoms with E-state index < -0.39 is 17.6 Å². The van der Waals surface area contributed by atoms with E-state index in [-0.39, 0.29) is 12.3 Å². The van der Waals surface area contributed by atoms with E-state index in [2.05, 4.69) is 0 Å². The molecule has 2 atom stereocenters. The van der Waals surface area contributed by atoms with Crippen molar-refractivity contribution in [2.24, 2.45) is 17.4 Å². The van der Waals surface area contributed by atoms with E-state index in [9.17, 15) is 9.90 Å². The number of hydrogen-bond donors (Lipinski definition) is 3. The zero-order chi connectivity index (χ0) is 10.6. The third-order valence-electron chi connectivity index (χ3n) is 2.53. The van der Waals surface area contributed by atoms with Crippen LogP contribution in [-0.2, 0) is 4.79 Å². The molecule has 0 aliphatic heterocycles. The number of aliphatic hydroxyl groups excluding tert-OH is 1. The van der Waals surface area contributed by atoms with Crippen LogP contribution in [0, 0.1) is 5.92 Å². The van der Waals surface area contributed by atoms with Gasteiger partial charge in [0.25, 0.3) is 0 Å². The van der Waals surface area contributed by atoms with Crippen LogP contribution < -0.4 is 11.5 Å². The first-order chi connectivity index (χ1) is 5.84. The molecule has 1 amide bonds. The average molecular weight is 188 g/mol. The summed E-state index contributed by atoms with van der Waals surface area (Å²) < 4.78 is 0. The van der Waals surface area contributed by atoms with Crippen molar-refractivity contribution in [1.29, 1.82) is 0 Å². The average Bonchev–Trinajstić information content (AvgIpc) is 2.03. The number of rotatable bonds is 5. The van der Waals surface area contributed by atoms with E-state index in [1.807, 2.05) is 20.8 Å². The normalized spacial score (nSPS) is 18.3. The minimum Gasteiger partial charge on any atom is -0.393 e. The third-order valence-corrected chi connectivity index (χ3v) is 2.53. The van der Waals surface area contributed by atoms with Gasteiger partial charge in [-0.3, -0.25) is 4.79 Å². The fraction of sp³-hybridized carbons (Fsp3) is 0.889. The van der Waals surface area contributed by atoms with Gasteiger partial charge < -0.3 is 16.6 Å². The van der Waals surface area contributed by atoms with Crippen LogP contribution in [0.4, 0.5) is 0 Å². The van der Waals surface area contributed by atoms with Crippen LogP contribution in [0.3, 0.4) is 0 Å². The molecule has 0 fully saturated rings. The maximum absolute atomic E-state index is 11.1. The second kappa shape index (κ2) is 4.58. The predicted molar refractivity (Wildman–Crippen MR) is 51.9 cm³/mol. The maximum atomic E-state index is 11.1. The molecule has 0 saturated carbocycles. The molecule has 0 aromatic rings. The molecule has 2 unspecified atom stereocenters. The first kappa shape index (κ1) is 12.4. The van der Waals surface area contributed by atoms with E-state index in [0.717, 1.165) is 0 Å². The molecule has 0 saturated heterocycles. The van der Waals surface area contributed by atoms with Crippen LogP contribution >= 0.6 is 0 Å². The minimum absolute atomic E-state index is 0.0637. The van der Waals surface area contributed by atoms with Crippen molar-refractivity contribution in [2.75, 3.05) is 0 Å². The van der Waals surface area contributed by atoms with Gasteiger partial charge in [-0.25, -0.2) is 0 Å². The van der Waals surface area contributed by atoms with Crippen molar-refractivity contribution in [3.05, 3.63) is 0 Å². The zero-order valence-electron chi connectivity index (χ0n) is 8.58. The Morgan fingerprint density at radius 2 is 2.00 bits per heavy atom. The van der Waals surface area contributed by atoms with Gasteiger partial charge in [0.1, 0.15) is 0 Å². The smallest absolute Gasteiger partial charge is 0.237 e. The third kappa shape index (κ3) is 2.97. The molecule has 0 aromatic heterocycles. The van der Waals surface area contributed by atoms with Gasteiger partial charge in [-0.05, 0) is 12.3 Å². The van der Waals surface area contributed by atoms with Crippen LogP contribution in [0.1, 0.15) is 33.6 Å². The molecule has 0 bridgehead atoms. The highest BCUT2D eigenvalue weighted by molar-refractivity contribution is 5.84. The Morgan fingerprint density at radius 1 is 1.54 bits per heavy atom. The quantitative estimate of drug-likeness (QED) is 0.566. The van der Waals surface area contributed by atoms with E-state index >= 15 is 0 Å². The van der Waals surface area contributed by atoms with Crippen molar-refractivity contribution < 1.29 is 9.90 Å². The number of hydrogen-bond acceptors (Lipinski definition) is 3. The summed E-state index contributed by atoms with van der Waals surface area (Å²) in [6, 6.07) is 0. The fourth-order valence-corrected chi connectivity index (χ4v) is 1.16. The van der Waals surface area contributed by atoms with E-state index in [1.54, 1.807) is 0 Å². The number of primary amides is 1. The Kier molecular flexibility index (Phi) is 4.36. The molecule has 0 aromatic carbocycles. The zero-order valence-corrected chi connectivity index (χ0v) is 8.58. The standard InChI is InChI=1S/C9H20N2O2/c1-4-7(12)5-9(11,6(2)3)8(10)13/h6-7,12H,4-5,11H2,1-3H3,(H2,10,13). The van der Waals surface area contributed by atoms with Gasteiger partial charge in [-0.2, -0.15) is 0 Å².